The van der Waals surface area contributed by atoms with Crippen molar-refractivity contribution in [3.05, 3.63) is 77.6 Å². The lowest BCUT2D eigenvalue weighted by atomic mass is 10.1. The third-order valence-electron chi connectivity index (χ3n) is 4.83. The smallest absolute Gasteiger partial charge is 0.325 e. The first-order valence-electron chi connectivity index (χ1n) is 9.86. The van der Waals surface area contributed by atoms with Crippen LogP contribution in [0.3, 0.4) is 0 Å². The second-order valence-electron chi connectivity index (χ2n) is 7.12. The number of methoxy groups -OCH3 is 1. The van der Waals surface area contributed by atoms with Crippen LogP contribution in [0, 0.1) is 5.82 Å². The minimum Gasteiger partial charge on any atom is -0.497 e. The van der Waals surface area contributed by atoms with Gasteiger partial charge in [-0.1, -0.05) is 30.3 Å². The van der Waals surface area contributed by atoms with Gasteiger partial charge in [-0.15, -0.1) is 0 Å². The highest BCUT2D eigenvalue weighted by atomic mass is 19.1. The summed E-state index contributed by atoms with van der Waals surface area (Å²) in [5, 5.41) is 4.31. The zero-order valence-corrected chi connectivity index (χ0v) is 17.8. The Kier molecular flexibility index (Phi) is 7.38. The lowest BCUT2D eigenvalue weighted by Gasteiger charge is -2.17. The minimum atomic E-state index is -0.795. The normalized spacial score (nSPS) is 10.5. The summed E-state index contributed by atoms with van der Waals surface area (Å²) < 4.78 is 23.7. The van der Waals surface area contributed by atoms with Gasteiger partial charge in [0.1, 0.15) is 18.1 Å². The van der Waals surface area contributed by atoms with Crippen molar-refractivity contribution in [3.8, 4) is 5.75 Å². The first-order valence-corrected chi connectivity index (χ1v) is 9.86. The average molecular weight is 438 g/mol. The Morgan fingerprint density at radius 1 is 1.00 bits per heavy atom. The summed E-state index contributed by atoms with van der Waals surface area (Å²) in [5.74, 6) is -1.85. The Morgan fingerprint density at radius 3 is 2.47 bits per heavy atom. The highest BCUT2D eigenvalue weighted by Gasteiger charge is 2.15. The van der Waals surface area contributed by atoms with Crippen LogP contribution in [0.2, 0.25) is 0 Å². The molecule has 2 amide bonds. The fourth-order valence-corrected chi connectivity index (χ4v) is 3.06. The quantitative estimate of drug-likeness (QED) is 0.547. The topological polar surface area (TPSA) is 84.9 Å². The Hall–Kier alpha value is -3.94. The van der Waals surface area contributed by atoms with E-state index >= 15 is 0 Å². The maximum absolute atomic E-state index is 13.6. The monoisotopic (exact) mass is 438 g/mol. The molecular formula is C24H23FN2O5. The molecule has 0 aliphatic rings. The molecule has 3 aromatic rings. The number of esters is 1. The van der Waals surface area contributed by atoms with Crippen LogP contribution in [0.5, 0.6) is 5.75 Å². The predicted octanol–water partition coefficient (Wildman–Crippen LogP) is 2.92. The Labute approximate surface area is 184 Å². The molecule has 0 saturated carbocycles. The fraction of sp³-hybridized carbons (Fsp3) is 0.208. The molecule has 0 saturated heterocycles. The highest BCUT2D eigenvalue weighted by molar-refractivity contribution is 5.96. The highest BCUT2D eigenvalue weighted by Crippen LogP contribution is 2.22. The molecular weight excluding hydrogens is 415 g/mol. The minimum absolute atomic E-state index is 0.176. The van der Waals surface area contributed by atoms with E-state index in [1.54, 1.807) is 14.2 Å². The SMILES string of the molecule is COc1ccc2cc(CN(C)C(=O)COC(=O)CNC(=O)c3ccccc3F)ccc2c1. The van der Waals surface area contributed by atoms with Crippen molar-refractivity contribution in [3.63, 3.8) is 0 Å². The van der Waals surface area contributed by atoms with Gasteiger partial charge in [0.2, 0.25) is 0 Å². The van der Waals surface area contributed by atoms with Crippen LogP contribution >= 0.6 is 0 Å². The van der Waals surface area contributed by atoms with Gasteiger partial charge < -0.3 is 19.7 Å². The number of benzene rings is 3. The van der Waals surface area contributed by atoms with E-state index in [4.69, 9.17) is 9.47 Å². The first-order chi connectivity index (χ1) is 15.4. The van der Waals surface area contributed by atoms with Crippen molar-refractivity contribution in [2.45, 2.75) is 6.54 Å². The van der Waals surface area contributed by atoms with Gasteiger partial charge in [0, 0.05) is 13.6 Å². The number of carbonyl (C=O) groups is 3. The number of amides is 2. The third kappa shape index (κ3) is 5.81. The zero-order valence-electron chi connectivity index (χ0n) is 17.8. The van der Waals surface area contributed by atoms with Gasteiger partial charge >= 0.3 is 5.97 Å². The van der Waals surface area contributed by atoms with Crippen molar-refractivity contribution in [1.29, 1.82) is 0 Å². The number of likely N-dealkylation sites (N-methyl/N-ethyl adjacent to an activating group) is 1. The molecule has 32 heavy (non-hydrogen) atoms. The molecule has 0 bridgehead atoms. The van der Waals surface area contributed by atoms with Gasteiger partial charge in [0.05, 0.1) is 12.7 Å². The maximum atomic E-state index is 13.6. The van der Waals surface area contributed by atoms with Crippen LogP contribution in [-0.2, 0) is 20.9 Å². The second-order valence-corrected chi connectivity index (χ2v) is 7.12. The van der Waals surface area contributed by atoms with E-state index in [1.807, 2.05) is 36.4 Å². The van der Waals surface area contributed by atoms with Gasteiger partial charge in [-0.25, -0.2) is 4.39 Å². The molecule has 0 heterocycles. The van der Waals surface area contributed by atoms with E-state index in [-0.39, 0.29) is 5.56 Å². The van der Waals surface area contributed by atoms with Crippen molar-refractivity contribution in [2.24, 2.45) is 0 Å². The third-order valence-corrected chi connectivity index (χ3v) is 4.83. The molecule has 0 radical (unpaired) electrons. The number of fused-ring (bicyclic) bond motifs is 1. The maximum Gasteiger partial charge on any atom is 0.325 e. The number of nitrogens with one attached hydrogen (secondary N) is 1. The average Bonchev–Trinajstić information content (AvgIpc) is 2.80. The summed E-state index contributed by atoms with van der Waals surface area (Å²) in [6.07, 6.45) is 0. The number of rotatable bonds is 8. The molecule has 0 atom stereocenters. The van der Waals surface area contributed by atoms with E-state index in [9.17, 15) is 18.8 Å². The number of hydrogen-bond acceptors (Lipinski definition) is 5. The fourth-order valence-electron chi connectivity index (χ4n) is 3.06. The molecule has 7 nitrogen and oxygen atoms in total. The molecule has 0 aliphatic carbocycles. The Morgan fingerprint density at radius 2 is 1.72 bits per heavy atom. The van der Waals surface area contributed by atoms with Crippen molar-refractivity contribution in [1.82, 2.24) is 10.2 Å². The standard InChI is InChI=1S/C24H23FN2O5/c1-27(14-16-7-8-18-12-19(31-2)10-9-17(18)11-16)22(28)15-32-23(29)13-26-24(30)20-5-3-4-6-21(20)25/h3-12H,13-15H2,1-2H3,(H,26,30). The van der Waals surface area contributed by atoms with Crippen LogP contribution < -0.4 is 10.1 Å². The van der Waals surface area contributed by atoms with Crippen molar-refractivity contribution < 1.29 is 28.2 Å². The summed E-state index contributed by atoms with van der Waals surface area (Å²) in [4.78, 5) is 37.5. The molecule has 0 aliphatic heterocycles. The number of hydrogen-bond donors (Lipinski definition) is 1. The van der Waals surface area contributed by atoms with Gasteiger partial charge in [0.25, 0.3) is 11.8 Å². The number of nitrogens with zero attached hydrogens (tertiary/aromatic N) is 1. The summed E-state index contributed by atoms with van der Waals surface area (Å²) >= 11 is 0. The largest absolute Gasteiger partial charge is 0.497 e. The van der Waals surface area contributed by atoms with Crippen molar-refractivity contribution in [2.75, 3.05) is 27.3 Å². The lowest BCUT2D eigenvalue weighted by Crippen LogP contribution is -2.34. The molecule has 166 valence electrons. The number of carbonyl (C=O) groups excluding carboxylic acids is 3. The Balaban J connectivity index is 1.47. The van der Waals surface area contributed by atoms with Crippen LogP contribution in [0.25, 0.3) is 10.8 Å². The summed E-state index contributed by atoms with van der Waals surface area (Å²) in [6, 6.07) is 17.0. The van der Waals surface area contributed by atoms with E-state index in [0.29, 0.717) is 6.54 Å². The van der Waals surface area contributed by atoms with Crippen LogP contribution in [0.4, 0.5) is 4.39 Å². The summed E-state index contributed by atoms with van der Waals surface area (Å²) in [7, 11) is 3.22. The molecule has 3 aromatic carbocycles. The molecule has 0 aromatic heterocycles. The summed E-state index contributed by atoms with van der Waals surface area (Å²) in [6.45, 7) is -0.601. The summed E-state index contributed by atoms with van der Waals surface area (Å²) in [5.41, 5.74) is 0.743. The van der Waals surface area contributed by atoms with Gasteiger partial charge in [0.15, 0.2) is 6.61 Å². The molecule has 1 N–H and O–H groups in total. The number of halogens is 1. The van der Waals surface area contributed by atoms with Gasteiger partial charge in [-0.05, 0) is 46.7 Å². The molecule has 0 fully saturated rings. The van der Waals surface area contributed by atoms with Gasteiger partial charge in [-0.2, -0.15) is 0 Å². The first kappa shape index (κ1) is 22.7. The van der Waals surface area contributed by atoms with Crippen LogP contribution in [-0.4, -0.2) is 50.0 Å². The van der Waals surface area contributed by atoms with E-state index in [2.05, 4.69) is 5.32 Å². The molecule has 3 rings (SSSR count). The van der Waals surface area contributed by atoms with E-state index in [0.717, 1.165) is 28.2 Å². The Bertz CT molecular complexity index is 1150. The number of ether oxygens (including phenoxy) is 2. The lowest BCUT2D eigenvalue weighted by molar-refractivity contribution is -0.150. The molecule has 0 spiro atoms. The van der Waals surface area contributed by atoms with E-state index < -0.39 is 36.8 Å². The molecule has 0 unspecified atom stereocenters. The van der Waals surface area contributed by atoms with Crippen molar-refractivity contribution >= 4 is 28.6 Å². The van der Waals surface area contributed by atoms with E-state index in [1.165, 1.54) is 23.1 Å². The van der Waals surface area contributed by atoms with Crippen LogP contribution in [0.1, 0.15) is 15.9 Å². The van der Waals surface area contributed by atoms with Crippen LogP contribution in [0.15, 0.2) is 60.7 Å². The zero-order chi connectivity index (χ0) is 23.1. The second kappa shape index (κ2) is 10.4. The molecule has 8 heteroatoms. The predicted molar refractivity (Wildman–Crippen MR) is 117 cm³/mol. The van der Waals surface area contributed by atoms with Gasteiger partial charge in [-0.3, -0.25) is 14.4 Å².